The highest BCUT2D eigenvalue weighted by atomic mass is 32.2. The molecule has 2 heterocycles. The Labute approximate surface area is 161 Å². The summed E-state index contributed by atoms with van der Waals surface area (Å²) < 4.78 is 7.06. The molecule has 2 atom stereocenters. The van der Waals surface area contributed by atoms with E-state index < -0.39 is 5.25 Å². The molecule has 1 aromatic heterocycles. The van der Waals surface area contributed by atoms with E-state index in [0.717, 1.165) is 11.4 Å². The van der Waals surface area contributed by atoms with E-state index in [-0.39, 0.29) is 11.9 Å². The summed E-state index contributed by atoms with van der Waals surface area (Å²) in [6, 6.07) is 17.0. The first-order valence-corrected chi connectivity index (χ1v) is 9.39. The number of benzene rings is 2. The molecular formula is C19H19N5O2S. The van der Waals surface area contributed by atoms with Crippen molar-refractivity contribution < 1.29 is 9.53 Å². The molecule has 3 aromatic rings. The van der Waals surface area contributed by atoms with Crippen LogP contribution in [0.2, 0.25) is 0 Å². The number of nitrogens with one attached hydrogen (secondary N) is 2. The molecule has 2 N–H and O–H groups in total. The van der Waals surface area contributed by atoms with Crippen LogP contribution in [0.4, 0.5) is 5.69 Å². The van der Waals surface area contributed by atoms with Crippen LogP contribution in [0.25, 0.3) is 0 Å². The third-order valence-electron chi connectivity index (χ3n) is 4.35. The molecule has 4 rings (SSSR count). The molecule has 0 unspecified atom stereocenters. The van der Waals surface area contributed by atoms with Gasteiger partial charge in [0, 0.05) is 11.8 Å². The number of aryl methyl sites for hydroxylation is 1. The number of rotatable bonds is 4. The van der Waals surface area contributed by atoms with E-state index in [0.29, 0.717) is 16.6 Å². The highest BCUT2D eigenvalue weighted by Crippen LogP contribution is 2.37. The molecule has 0 saturated heterocycles. The normalized spacial score (nSPS) is 18.3. The summed E-state index contributed by atoms with van der Waals surface area (Å²) in [5.74, 6) is 1.34. The standard InChI is InChI=1S/C19H19N5O2S/c1-12-21-22-19-24(12)23-16(13-7-4-3-5-8-13)17(27-19)18(25)20-14-9-6-10-15(11-14)26-2/h3-11,16-17,23H,1-2H3,(H,20,25)/t16-,17-/m1/s1. The van der Waals surface area contributed by atoms with Crippen molar-refractivity contribution in [3.8, 4) is 5.75 Å². The second-order valence-corrected chi connectivity index (χ2v) is 7.25. The lowest BCUT2D eigenvalue weighted by Crippen LogP contribution is -2.41. The van der Waals surface area contributed by atoms with E-state index in [2.05, 4.69) is 20.9 Å². The lowest BCUT2D eigenvalue weighted by molar-refractivity contribution is -0.116. The number of hydrogen-bond acceptors (Lipinski definition) is 6. The van der Waals surface area contributed by atoms with Crippen molar-refractivity contribution in [1.29, 1.82) is 0 Å². The van der Waals surface area contributed by atoms with Crippen LogP contribution in [0.3, 0.4) is 0 Å². The minimum atomic E-state index is -0.408. The van der Waals surface area contributed by atoms with Crippen molar-refractivity contribution in [2.24, 2.45) is 0 Å². The molecule has 8 heteroatoms. The average Bonchev–Trinajstić information content (AvgIpc) is 3.08. The van der Waals surface area contributed by atoms with E-state index >= 15 is 0 Å². The Kier molecular flexibility index (Phi) is 4.72. The molecule has 1 aliphatic heterocycles. The number of hydrogen-bond donors (Lipinski definition) is 2. The van der Waals surface area contributed by atoms with E-state index in [9.17, 15) is 4.79 Å². The van der Waals surface area contributed by atoms with Gasteiger partial charge in [-0.05, 0) is 24.6 Å². The first-order valence-electron chi connectivity index (χ1n) is 8.51. The maximum atomic E-state index is 13.1. The molecule has 0 aliphatic carbocycles. The van der Waals surface area contributed by atoms with Crippen LogP contribution >= 0.6 is 11.8 Å². The maximum Gasteiger partial charge on any atom is 0.240 e. The smallest absolute Gasteiger partial charge is 0.240 e. The molecule has 0 spiro atoms. The lowest BCUT2D eigenvalue weighted by atomic mass is 10.0. The summed E-state index contributed by atoms with van der Waals surface area (Å²) in [5, 5.41) is 11.5. The summed E-state index contributed by atoms with van der Waals surface area (Å²) >= 11 is 1.40. The summed E-state index contributed by atoms with van der Waals surface area (Å²) in [5.41, 5.74) is 5.10. The SMILES string of the molecule is COc1cccc(NC(=O)[C@@H]2Sc3nnc(C)n3N[C@@H]2c2ccccc2)c1. The zero-order chi connectivity index (χ0) is 18.8. The fraction of sp³-hybridized carbons (Fsp3) is 0.211. The summed E-state index contributed by atoms with van der Waals surface area (Å²) in [7, 11) is 1.60. The molecule has 138 valence electrons. The second kappa shape index (κ2) is 7.32. The number of aromatic nitrogens is 3. The van der Waals surface area contributed by atoms with Crippen molar-refractivity contribution in [3.05, 3.63) is 66.0 Å². The number of fused-ring (bicyclic) bond motifs is 1. The van der Waals surface area contributed by atoms with Crippen LogP contribution in [0.1, 0.15) is 17.4 Å². The van der Waals surface area contributed by atoms with Gasteiger partial charge in [0.05, 0.1) is 13.2 Å². The Bertz CT molecular complexity index is 960. The van der Waals surface area contributed by atoms with Gasteiger partial charge in [0.15, 0.2) is 0 Å². The van der Waals surface area contributed by atoms with Crippen LogP contribution in [-0.4, -0.2) is 33.1 Å². The summed E-state index contributed by atoms with van der Waals surface area (Å²) in [6.45, 7) is 1.88. The van der Waals surface area contributed by atoms with Crippen LogP contribution in [0.15, 0.2) is 59.8 Å². The van der Waals surface area contributed by atoms with Gasteiger partial charge in [0.1, 0.15) is 16.8 Å². The van der Waals surface area contributed by atoms with Crippen molar-refractivity contribution in [2.45, 2.75) is 23.4 Å². The van der Waals surface area contributed by atoms with Gasteiger partial charge >= 0.3 is 0 Å². The molecule has 27 heavy (non-hydrogen) atoms. The Morgan fingerprint density at radius 2 is 2.00 bits per heavy atom. The number of nitrogens with zero attached hydrogens (tertiary/aromatic N) is 3. The highest BCUT2D eigenvalue weighted by Gasteiger charge is 2.37. The van der Waals surface area contributed by atoms with Crippen molar-refractivity contribution >= 4 is 23.4 Å². The monoisotopic (exact) mass is 381 g/mol. The van der Waals surface area contributed by atoms with Gasteiger partial charge in [0.2, 0.25) is 11.1 Å². The summed E-state index contributed by atoms with van der Waals surface area (Å²) in [4.78, 5) is 13.1. The van der Waals surface area contributed by atoms with Crippen molar-refractivity contribution in [1.82, 2.24) is 14.9 Å². The number of thioether (sulfide) groups is 1. The first-order chi connectivity index (χ1) is 13.2. The quantitative estimate of drug-likeness (QED) is 0.723. The maximum absolute atomic E-state index is 13.1. The molecule has 0 radical (unpaired) electrons. The van der Waals surface area contributed by atoms with E-state index in [1.54, 1.807) is 13.2 Å². The molecule has 1 aliphatic rings. The molecule has 1 amide bonds. The van der Waals surface area contributed by atoms with Gasteiger partial charge in [0.25, 0.3) is 0 Å². The minimum absolute atomic E-state index is 0.110. The predicted octanol–water partition coefficient (Wildman–Crippen LogP) is 2.99. The predicted molar refractivity (Wildman–Crippen MR) is 105 cm³/mol. The van der Waals surface area contributed by atoms with Crippen molar-refractivity contribution in [2.75, 3.05) is 17.9 Å². The average molecular weight is 381 g/mol. The van der Waals surface area contributed by atoms with Crippen LogP contribution in [0.5, 0.6) is 5.75 Å². The first kappa shape index (κ1) is 17.4. The lowest BCUT2D eigenvalue weighted by Gasteiger charge is -2.32. The zero-order valence-corrected chi connectivity index (χ0v) is 15.7. The summed E-state index contributed by atoms with van der Waals surface area (Å²) in [6.07, 6.45) is 0. The van der Waals surface area contributed by atoms with Gasteiger partial charge in [-0.15, -0.1) is 10.2 Å². The molecule has 0 fully saturated rings. The van der Waals surface area contributed by atoms with Crippen LogP contribution in [-0.2, 0) is 4.79 Å². The Hall–Kier alpha value is -3.00. The largest absolute Gasteiger partial charge is 0.497 e. The number of carbonyl (C=O) groups excluding carboxylic acids is 1. The molecule has 2 aromatic carbocycles. The van der Waals surface area contributed by atoms with Gasteiger partial charge < -0.3 is 15.5 Å². The number of ether oxygens (including phenoxy) is 1. The Balaban J connectivity index is 1.64. The Morgan fingerprint density at radius 3 is 2.78 bits per heavy atom. The highest BCUT2D eigenvalue weighted by molar-refractivity contribution is 8.00. The molecule has 0 saturated carbocycles. The van der Waals surface area contributed by atoms with Crippen LogP contribution < -0.4 is 15.5 Å². The molecule has 0 bridgehead atoms. The van der Waals surface area contributed by atoms with Crippen LogP contribution in [0, 0.1) is 6.92 Å². The van der Waals surface area contributed by atoms with E-state index in [1.807, 2.05) is 60.1 Å². The number of anilines is 1. The van der Waals surface area contributed by atoms with Crippen molar-refractivity contribution in [3.63, 3.8) is 0 Å². The van der Waals surface area contributed by atoms with Gasteiger partial charge in [-0.25, -0.2) is 4.68 Å². The number of amides is 1. The fourth-order valence-corrected chi connectivity index (χ4v) is 4.11. The second-order valence-electron chi connectivity index (χ2n) is 6.14. The minimum Gasteiger partial charge on any atom is -0.497 e. The zero-order valence-electron chi connectivity index (χ0n) is 14.9. The molecular weight excluding hydrogens is 362 g/mol. The Morgan fingerprint density at radius 1 is 1.19 bits per heavy atom. The third-order valence-corrected chi connectivity index (χ3v) is 5.57. The fourth-order valence-electron chi connectivity index (χ4n) is 2.99. The van der Waals surface area contributed by atoms with Gasteiger partial charge in [-0.2, -0.15) is 0 Å². The topological polar surface area (TPSA) is 81.1 Å². The number of carbonyl (C=O) groups is 1. The number of methoxy groups -OCH3 is 1. The van der Waals surface area contributed by atoms with E-state index in [4.69, 9.17) is 4.74 Å². The van der Waals surface area contributed by atoms with Gasteiger partial charge in [-0.3, -0.25) is 4.79 Å². The third kappa shape index (κ3) is 3.48. The molecule has 7 nitrogen and oxygen atoms in total. The van der Waals surface area contributed by atoms with Gasteiger partial charge in [-0.1, -0.05) is 48.2 Å². The van der Waals surface area contributed by atoms with E-state index in [1.165, 1.54) is 11.8 Å².